The zero-order valence-electron chi connectivity index (χ0n) is 13.3. The van der Waals surface area contributed by atoms with Gasteiger partial charge >= 0.3 is 5.97 Å². The molecule has 1 heterocycles. The summed E-state index contributed by atoms with van der Waals surface area (Å²) in [6.07, 6.45) is 1.01. The van der Waals surface area contributed by atoms with Gasteiger partial charge in [-0.2, -0.15) is 0 Å². The number of ether oxygens (including phenoxy) is 1. The third-order valence-electron chi connectivity index (χ3n) is 4.08. The maximum atomic E-state index is 12.3. The van der Waals surface area contributed by atoms with E-state index < -0.39 is 21.5 Å². The lowest BCUT2D eigenvalue weighted by Gasteiger charge is -2.30. The Balaban J connectivity index is 1.97. The van der Waals surface area contributed by atoms with Gasteiger partial charge in [-0.3, -0.25) is 9.59 Å². The number of esters is 1. The second-order valence-electron chi connectivity index (χ2n) is 5.75. The molecule has 0 N–H and O–H groups in total. The molecule has 0 radical (unpaired) electrons. The van der Waals surface area contributed by atoms with Crippen LogP contribution in [0.3, 0.4) is 0 Å². The van der Waals surface area contributed by atoms with E-state index in [2.05, 4.69) is 0 Å². The molecule has 0 aliphatic carbocycles. The third kappa shape index (κ3) is 4.31. The summed E-state index contributed by atoms with van der Waals surface area (Å²) in [5.74, 6) is -1.45. The minimum atomic E-state index is -3.64. The van der Waals surface area contributed by atoms with E-state index in [1.807, 2.05) is 6.92 Å². The quantitative estimate of drug-likeness (QED) is 0.770. The first-order valence-corrected chi connectivity index (χ1v) is 9.14. The van der Waals surface area contributed by atoms with Gasteiger partial charge in [-0.05, 0) is 31.9 Å². The summed E-state index contributed by atoms with van der Waals surface area (Å²) in [6, 6.07) is 6.45. The molecule has 23 heavy (non-hydrogen) atoms. The van der Waals surface area contributed by atoms with E-state index in [1.54, 1.807) is 12.1 Å². The van der Waals surface area contributed by atoms with Gasteiger partial charge in [0.1, 0.15) is 5.75 Å². The maximum Gasteiger partial charge on any atom is 0.308 e. The van der Waals surface area contributed by atoms with Crippen LogP contribution in [0.4, 0.5) is 0 Å². The van der Waals surface area contributed by atoms with Crippen LogP contribution in [-0.4, -0.2) is 51.1 Å². The minimum absolute atomic E-state index is 0.154. The lowest BCUT2D eigenvalue weighted by molar-refractivity contribution is -0.148. The second kappa shape index (κ2) is 7.12. The Labute approximate surface area is 136 Å². The molecule has 0 saturated carbocycles. The zero-order valence-corrected chi connectivity index (χ0v) is 14.1. The molecular formula is C16H21NO5S. The van der Waals surface area contributed by atoms with Crippen LogP contribution < -0.4 is 0 Å². The highest BCUT2D eigenvalue weighted by Crippen LogP contribution is 2.20. The predicted molar refractivity (Wildman–Crippen MR) is 84.6 cm³/mol. The molecule has 1 aliphatic heterocycles. The second-order valence-corrected chi connectivity index (χ2v) is 7.74. The molecule has 7 heteroatoms. The van der Waals surface area contributed by atoms with Gasteiger partial charge in [0.25, 0.3) is 0 Å². The van der Waals surface area contributed by atoms with Crippen LogP contribution in [0.15, 0.2) is 29.2 Å². The highest BCUT2D eigenvalue weighted by molar-refractivity contribution is 7.92. The third-order valence-corrected chi connectivity index (χ3v) is 5.69. The van der Waals surface area contributed by atoms with Crippen LogP contribution in [0.25, 0.3) is 0 Å². The normalized spacial score (nSPS) is 16.2. The molecule has 1 amide bonds. The number of nitrogens with zero attached hydrogens (tertiary/aromatic N) is 1. The summed E-state index contributed by atoms with van der Waals surface area (Å²) in [5, 5.41) is 0. The standard InChI is InChI=1S/C16H21NO5S/c1-12-3-5-14(6-4-12)23(20,21)11-15(18)17-9-7-13(8-10-17)16(19)22-2/h3-6,13H,7-11H2,1-2H3. The summed E-state index contributed by atoms with van der Waals surface area (Å²) >= 11 is 0. The molecule has 6 nitrogen and oxygen atoms in total. The van der Waals surface area contributed by atoms with Gasteiger partial charge in [0.05, 0.1) is 17.9 Å². The van der Waals surface area contributed by atoms with Crippen molar-refractivity contribution in [2.45, 2.75) is 24.7 Å². The topological polar surface area (TPSA) is 80.8 Å². The number of hydrogen-bond acceptors (Lipinski definition) is 5. The van der Waals surface area contributed by atoms with Gasteiger partial charge in [0, 0.05) is 13.1 Å². The van der Waals surface area contributed by atoms with Crippen LogP contribution >= 0.6 is 0 Å². The summed E-state index contributed by atoms with van der Waals surface area (Å²) < 4.78 is 29.3. The number of piperidine rings is 1. The first kappa shape index (κ1) is 17.5. The summed E-state index contributed by atoms with van der Waals surface area (Å²) in [4.78, 5) is 25.4. The fourth-order valence-electron chi connectivity index (χ4n) is 2.61. The average molecular weight is 339 g/mol. The molecule has 1 aliphatic rings. The SMILES string of the molecule is COC(=O)C1CCN(C(=O)CS(=O)(=O)c2ccc(C)cc2)CC1. The Bertz CT molecular complexity index is 673. The monoisotopic (exact) mass is 339 g/mol. The fraction of sp³-hybridized carbons (Fsp3) is 0.500. The van der Waals surface area contributed by atoms with Crippen molar-refractivity contribution in [3.8, 4) is 0 Å². The molecule has 1 fully saturated rings. The first-order chi connectivity index (χ1) is 10.8. The van der Waals surface area contributed by atoms with Crippen LogP contribution in [-0.2, 0) is 24.2 Å². The largest absolute Gasteiger partial charge is 0.469 e. The van der Waals surface area contributed by atoms with E-state index in [-0.39, 0.29) is 16.8 Å². The molecule has 0 atom stereocenters. The lowest BCUT2D eigenvalue weighted by atomic mass is 9.97. The number of methoxy groups -OCH3 is 1. The van der Waals surface area contributed by atoms with Gasteiger partial charge in [-0.25, -0.2) is 8.42 Å². The maximum absolute atomic E-state index is 12.3. The summed E-state index contributed by atoms with van der Waals surface area (Å²) in [5.41, 5.74) is 0.958. The molecular weight excluding hydrogens is 318 g/mol. The smallest absolute Gasteiger partial charge is 0.308 e. The fourth-order valence-corrected chi connectivity index (χ4v) is 3.84. The van der Waals surface area contributed by atoms with Crippen molar-refractivity contribution in [2.75, 3.05) is 26.0 Å². The van der Waals surface area contributed by atoms with E-state index in [0.29, 0.717) is 25.9 Å². The Hall–Kier alpha value is -1.89. The number of sulfone groups is 1. The van der Waals surface area contributed by atoms with Crippen LogP contribution in [0, 0.1) is 12.8 Å². The van der Waals surface area contributed by atoms with E-state index in [4.69, 9.17) is 4.74 Å². The van der Waals surface area contributed by atoms with E-state index in [9.17, 15) is 18.0 Å². The van der Waals surface area contributed by atoms with E-state index in [0.717, 1.165) is 5.56 Å². The van der Waals surface area contributed by atoms with Crippen molar-refractivity contribution in [1.82, 2.24) is 4.90 Å². The first-order valence-electron chi connectivity index (χ1n) is 7.48. The number of hydrogen-bond donors (Lipinski definition) is 0. The van der Waals surface area contributed by atoms with Crippen molar-refractivity contribution in [2.24, 2.45) is 5.92 Å². The molecule has 0 bridgehead atoms. The van der Waals surface area contributed by atoms with Crippen LogP contribution in [0.2, 0.25) is 0 Å². The molecule has 0 aromatic heterocycles. The highest BCUT2D eigenvalue weighted by atomic mass is 32.2. The molecule has 1 saturated heterocycles. The van der Waals surface area contributed by atoms with Crippen molar-refractivity contribution in [3.05, 3.63) is 29.8 Å². The van der Waals surface area contributed by atoms with Crippen molar-refractivity contribution in [3.63, 3.8) is 0 Å². The predicted octanol–water partition coefficient (Wildman–Crippen LogP) is 1.18. The van der Waals surface area contributed by atoms with Crippen LogP contribution in [0.1, 0.15) is 18.4 Å². The lowest BCUT2D eigenvalue weighted by Crippen LogP contribution is -2.43. The Morgan fingerprint density at radius 2 is 1.74 bits per heavy atom. The number of amides is 1. The number of benzene rings is 1. The summed E-state index contributed by atoms with van der Waals surface area (Å²) in [6.45, 7) is 2.62. The average Bonchev–Trinajstić information content (AvgIpc) is 2.54. The highest BCUT2D eigenvalue weighted by Gasteiger charge is 2.30. The molecule has 1 aromatic carbocycles. The van der Waals surface area contributed by atoms with Gasteiger partial charge in [-0.1, -0.05) is 17.7 Å². The minimum Gasteiger partial charge on any atom is -0.469 e. The molecule has 2 rings (SSSR count). The van der Waals surface area contributed by atoms with Gasteiger partial charge < -0.3 is 9.64 Å². The number of rotatable bonds is 4. The molecule has 126 valence electrons. The molecule has 1 aromatic rings. The summed E-state index contributed by atoms with van der Waals surface area (Å²) in [7, 11) is -2.30. The van der Waals surface area contributed by atoms with Gasteiger partial charge in [-0.15, -0.1) is 0 Å². The number of carbonyl (C=O) groups is 2. The van der Waals surface area contributed by atoms with E-state index in [1.165, 1.54) is 24.1 Å². The number of likely N-dealkylation sites (tertiary alicyclic amines) is 1. The Kier molecular flexibility index (Phi) is 5.41. The van der Waals surface area contributed by atoms with Gasteiger partial charge in [0.15, 0.2) is 9.84 Å². The number of aryl methyl sites for hydroxylation is 1. The zero-order chi connectivity index (χ0) is 17.0. The van der Waals surface area contributed by atoms with Crippen LogP contribution in [0.5, 0.6) is 0 Å². The number of carbonyl (C=O) groups excluding carboxylic acids is 2. The molecule has 0 unspecified atom stereocenters. The Morgan fingerprint density at radius 1 is 1.17 bits per heavy atom. The van der Waals surface area contributed by atoms with E-state index >= 15 is 0 Å². The van der Waals surface area contributed by atoms with Crippen molar-refractivity contribution in [1.29, 1.82) is 0 Å². The molecule has 0 spiro atoms. The van der Waals surface area contributed by atoms with Crippen molar-refractivity contribution >= 4 is 21.7 Å². The van der Waals surface area contributed by atoms with Crippen molar-refractivity contribution < 1.29 is 22.7 Å². The van der Waals surface area contributed by atoms with Gasteiger partial charge in [0.2, 0.25) is 5.91 Å². The Morgan fingerprint density at radius 3 is 2.26 bits per heavy atom.